The Balaban J connectivity index is 1.44. The lowest BCUT2D eigenvalue weighted by Crippen LogP contribution is -2.31. The minimum atomic E-state index is -0.379. The molecule has 0 radical (unpaired) electrons. The number of benzene rings is 1. The molecule has 3 nitrogen and oxygen atoms in total. The molecule has 3 heteroatoms. The maximum Gasteiger partial charge on any atom is 0.306 e. The third kappa shape index (κ3) is 4.10. The summed E-state index contributed by atoms with van der Waals surface area (Å²) in [4.78, 5) is 12.0. The van der Waals surface area contributed by atoms with Crippen LogP contribution in [0.1, 0.15) is 57.9 Å². The van der Waals surface area contributed by atoms with Crippen LogP contribution in [0.2, 0.25) is 0 Å². The Bertz CT molecular complexity index is 528. The summed E-state index contributed by atoms with van der Waals surface area (Å²) in [5, 5.41) is 3.67. The maximum absolute atomic E-state index is 12.0. The zero-order chi connectivity index (χ0) is 15.8. The Morgan fingerprint density at radius 2 is 1.95 bits per heavy atom. The molecule has 0 amide bonds. The Morgan fingerprint density at radius 1 is 1.27 bits per heavy atom. The van der Waals surface area contributed by atoms with Gasteiger partial charge in [0.2, 0.25) is 0 Å². The fourth-order valence-electron chi connectivity index (χ4n) is 3.11. The highest BCUT2D eigenvalue weighted by atomic mass is 16.6. The van der Waals surface area contributed by atoms with Crippen molar-refractivity contribution >= 4 is 5.97 Å². The molecule has 2 fully saturated rings. The number of hydrogen-bond acceptors (Lipinski definition) is 3. The first-order valence-corrected chi connectivity index (χ1v) is 8.37. The molecule has 120 valence electrons. The highest BCUT2D eigenvalue weighted by Gasteiger charge is 2.47. The Morgan fingerprint density at radius 3 is 2.55 bits per heavy atom. The van der Waals surface area contributed by atoms with Crippen molar-refractivity contribution in [2.45, 2.75) is 64.0 Å². The lowest BCUT2D eigenvalue weighted by molar-refractivity contribution is -0.156. The van der Waals surface area contributed by atoms with Crippen molar-refractivity contribution in [2.75, 3.05) is 6.54 Å². The lowest BCUT2D eigenvalue weighted by Gasteiger charge is -2.22. The van der Waals surface area contributed by atoms with Crippen LogP contribution in [0.15, 0.2) is 30.3 Å². The van der Waals surface area contributed by atoms with Gasteiger partial charge in [0.25, 0.3) is 0 Å². The molecule has 0 heterocycles. The van der Waals surface area contributed by atoms with Gasteiger partial charge in [-0.05, 0) is 51.0 Å². The third-order valence-corrected chi connectivity index (χ3v) is 4.65. The second-order valence-corrected chi connectivity index (χ2v) is 8.00. The van der Waals surface area contributed by atoms with Crippen LogP contribution in [-0.2, 0) is 9.53 Å². The highest BCUT2D eigenvalue weighted by Crippen LogP contribution is 2.50. The summed E-state index contributed by atoms with van der Waals surface area (Å²) in [6.45, 7) is 6.73. The molecule has 1 aromatic rings. The molecule has 2 saturated carbocycles. The molecule has 2 atom stereocenters. The lowest BCUT2D eigenvalue weighted by atomic mass is 10.0. The topological polar surface area (TPSA) is 38.3 Å². The van der Waals surface area contributed by atoms with Gasteiger partial charge >= 0.3 is 5.97 Å². The molecule has 0 aliphatic heterocycles. The number of hydrogen-bond donors (Lipinski definition) is 1. The predicted octanol–water partition coefficient (Wildman–Crippen LogP) is 3.64. The molecular weight excluding hydrogens is 274 g/mol. The van der Waals surface area contributed by atoms with E-state index < -0.39 is 0 Å². The standard InChI is InChI=1S/C19H27NO2/c1-18(2,3)22-17(21)12-19(9-10-19)13-20-16-11-15(16)14-7-5-4-6-8-14/h4-8,15-16,20H,9-13H2,1-3H3/t15?,16-/m0/s1. The summed E-state index contributed by atoms with van der Waals surface area (Å²) >= 11 is 0. The molecule has 2 aliphatic rings. The van der Waals surface area contributed by atoms with Crippen LogP contribution >= 0.6 is 0 Å². The van der Waals surface area contributed by atoms with E-state index in [1.807, 2.05) is 20.8 Å². The van der Waals surface area contributed by atoms with Gasteiger partial charge in [0, 0.05) is 18.5 Å². The molecule has 3 rings (SSSR count). The van der Waals surface area contributed by atoms with E-state index in [1.54, 1.807) is 0 Å². The van der Waals surface area contributed by atoms with Crippen molar-refractivity contribution < 1.29 is 9.53 Å². The van der Waals surface area contributed by atoms with E-state index in [1.165, 1.54) is 12.0 Å². The normalized spacial score (nSPS) is 25.6. The van der Waals surface area contributed by atoms with Crippen LogP contribution < -0.4 is 5.32 Å². The van der Waals surface area contributed by atoms with Crippen molar-refractivity contribution in [1.82, 2.24) is 5.32 Å². The Hall–Kier alpha value is -1.35. The van der Waals surface area contributed by atoms with Crippen LogP contribution in [-0.4, -0.2) is 24.2 Å². The molecule has 0 spiro atoms. The van der Waals surface area contributed by atoms with Crippen molar-refractivity contribution in [2.24, 2.45) is 5.41 Å². The highest BCUT2D eigenvalue weighted by molar-refractivity contribution is 5.71. The van der Waals surface area contributed by atoms with Gasteiger partial charge in [-0.25, -0.2) is 0 Å². The monoisotopic (exact) mass is 301 g/mol. The maximum atomic E-state index is 12.0. The quantitative estimate of drug-likeness (QED) is 0.815. The van der Waals surface area contributed by atoms with Gasteiger partial charge < -0.3 is 10.1 Å². The zero-order valence-electron chi connectivity index (χ0n) is 13.9. The SMILES string of the molecule is CC(C)(C)OC(=O)CC1(CN[C@H]2CC2c2ccccc2)CC1. The minimum Gasteiger partial charge on any atom is -0.460 e. The zero-order valence-corrected chi connectivity index (χ0v) is 13.9. The van der Waals surface area contributed by atoms with E-state index in [2.05, 4.69) is 35.6 Å². The summed E-state index contributed by atoms with van der Waals surface area (Å²) in [5.74, 6) is 0.598. The van der Waals surface area contributed by atoms with E-state index in [9.17, 15) is 4.79 Å². The average molecular weight is 301 g/mol. The second kappa shape index (κ2) is 5.69. The van der Waals surface area contributed by atoms with Crippen molar-refractivity contribution in [3.8, 4) is 0 Å². The Kier molecular flexibility index (Phi) is 4.02. The molecule has 22 heavy (non-hydrogen) atoms. The molecule has 2 aliphatic carbocycles. The molecule has 1 aromatic carbocycles. The van der Waals surface area contributed by atoms with Gasteiger partial charge in [0.15, 0.2) is 0 Å². The molecule has 0 bridgehead atoms. The largest absolute Gasteiger partial charge is 0.460 e. The van der Waals surface area contributed by atoms with Crippen molar-refractivity contribution in [1.29, 1.82) is 0 Å². The van der Waals surface area contributed by atoms with Gasteiger partial charge in [-0.3, -0.25) is 4.79 Å². The minimum absolute atomic E-state index is 0.0535. The average Bonchev–Trinajstić information content (AvgIpc) is 3.31. The van der Waals surface area contributed by atoms with E-state index >= 15 is 0 Å². The number of carbonyl (C=O) groups excluding carboxylic acids is 1. The van der Waals surface area contributed by atoms with E-state index in [0.29, 0.717) is 18.4 Å². The van der Waals surface area contributed by atoms with Gasteiger partial charge in [-0.2, -0.15) is 0 Å². The first-order chi connectivity index (χ1) is 10.4. The summed E-state index contributed by atoms with van der Waals surface area (Å²) in [5.41, 5.74) is 1.21. The molecule has 1 N–H and O–H groups in total. The molecule has 0 saturated heterocycles. The fourth-order valence-corrected chi connectivity index (χ4v) is 3.11. The molecular formula is C19H27NO2. The summed E-state index contributed by atoms with van der Waals surface area (Å²) in [6.07, 6.45) is 4.05. The van der Waals surface area contributed by atoms with Gasteiger partial charge in [-0.15, -0.1) is 0 Å². The van der Waals surface area contributed by atoms with E-state index in [-0.39, 0.29) is 17.0 Å². The van der Waals surface area contributed by atoms with Crippen molar-refractivity contribution in [3.05, 3.63) is 35.9 Å². The van der Waals surface area contributed by atoms with Crippen LogP contribution in [0.4, 0.5) is 0 Å². The Labute approximate surface area is 133 Å². The first kappa shape index (κ1) is 15.5. The predicted molar refractivity (Wildman–Crippen MR) is 87.7 cm³/mol. The molecule has 1 unspecified atom stereocenters. The summed E-state index contributed by atoms with van der Waals surface area (Å²) in [6, 6.07) is 11.3. The smallest absolute Gasteiger partial charge is 0.306 e. The number of nitrogens with one attached hydrogen (secondary N) is 1. The van der Waals surface area contributed by atoms with Crippen LogP contribution in [0.5, 0.6) is 0 Å². The number of esters is 1. The van der Waals surface area contributed by atoms with Gasteiger partial charge in [0.1, 0.15) is 5.60 Å². The van der Waals surface area contributed by atoms with E-state index in [4.69, 9.17) is 4.74 Å². The second-order valence-electron chi connectivity index (χ2n) is 8.00. The van der Waals surface area contributed by atoms with Crippen molar-refractivity contribution in [3.63, 3.8) is 0 Å². The summed E-state index contributed by atoms with van der Waals surface area (Å²) in [7, 11) is 0. The van der Waals surface area contributed by atoms with Gasteiger partial charge in [-0.1, -0.05) is 30.3 Å². The molecule has 0 aromatic heterocycles. The third-order valence-electron chi connectivity index (χ3n) is 4.65. The van der Waals surface area contributed by atoms with Crippen LogP contribution in [0.25, 0.3) is 0 Å². The first-order valence-electron chi connectivity index (χ1n) is 8.37. The number of carbonyl (C=O) groups is 1. The number of ether oxygens (including phenoxy) is 1. The fraction of sp³-hybridized carbons (Fsp3) is 0.632. The van der Waals surface area contributed by atoms with Crippen LogP contribution in [0, 0.1) is 5.41 Å². The van der Waals surface area contributed by atoms with Crippen LogP contribution in [0.3, 0.4) is 0 Å². The van der Waals surface area contributed by atoms with E-state index in [0.717, 1.165) is 19.4 Å². The summed E-state index contributed by atoms with van der Waals surface area (Å²) < 4.78 is 5.46. The van der Waals surface area contributed by atoms with Gasteiger partial charge in [0.05, 0.1) is 6.42 Å². The number of rotatable bonds is 6.